The summed E-state index contributed by atoms with van der Waals surface area (Å²) in [4.78, 5) is 29.2. The maximum Gasteiger partial charge on any atom is 0.242 e. The molecule has 4 aliphatic carbocycles. The highest BCUT2D eigenvalue weighted by Crippen LogP contribution is 2.65. The number of hydrogen-bond acceptors (Lipinski definition) is 3. The van der Waals surface area contributed by atoms with E-state index in [2.05, 4.69) is 16.1 Å². The minimum Gasteiger partial charge on any atom is -0.347 e. The molecule has 4 saturated carbocycles. The molecule has 0 spiro atoms. The molecular weight excluding hydrogens is 405 g/mol. The van der Waals surface area contributed by atoms with Crippen LogP contribution in [0.5, 0.6) is 0 Å². The summed E-state index contributed by atoms with van der Waals surface area (Å²) >= 11 is 0. The van der Waals surface area contributed by atoms with E-state index in [0.29, 0.717) is 50.3 Å². The molecule has 2 unspecified atom stereocenters. The Hall–Kier alpha value is -2.39. The number of amides is 2. The summed E-state index contributed by atoms with van der Waals surface area (Å²) in [6.45, 7) is 3.06. The van der Waals surface area contributed by atoms with Gasteiger partial charge in [0.2, 0.25) is 11.8 Å². The molecule has 6 heteroatoms. The van der Waals surface area contributed by atoms with Gasteiger partial charge in [0.25, 0.3) is 0 Å². The molecule has 170 valence electrons. The fraction of sp³-hybridized carbons (Fsp3) is 0.615. The van der Waals surface area contributed by atoms with Crippen LogP contribution in [-0.2, 0) is 16.1 Å². The minimum atomic E-state index is -0.256. The van der Waals surface area contributed by atoms with E-state index < -0.39 is 0 Å². The smallest absolute Gasteiger partial charge is 0.242 e. The molecular formula is C26H32FN3O2. The first-order chi connectivity index (χ1) is 15.4. The Morgan fingerprint density at radius 2 is 1.84 bits per heavy atom. The summed E-state index contributed by atoms with van der Waals surface area (Å²) in [6, 6.07) is 4.73. The highest BCUT2D eigenvalue weighted by atomic mass is 19.1. The van der Waals surface area contributed by atoms with Gasteiger partial charge in [-0.2, -0.15) is 0 Å². The maximum atomic E-state index is 14.1. The van der Waals surface area contributed by atoms with Crippen LogP contribution in [0.3, 0.4) is 0 Å². The summed E-state index contributed by atoms with van der Waals surface area (Å²) in [5.74, 6) is 4.81. The predicted octanol–water partition coefficient (Wildman–Crippen LogP) is 2.78. The van der Waals surface area contributed by atoms with Crippen LogP contribution in [0.4, 0.5) is 4.39 Å². The van der Waals surface area contributed by atoms with Gasteiger partial charge in [0.15, 0.2) is 0 Å². The quantitative estimate of drug-likeness (QED) is 0.697. The molecule has 1 N–H and O–H groups in total. The molecule has 1 aromatic rings. The lowest BCUT2D eigenvalue weighted by Crippen LogP contribution is -2.51. The van der Waals surface area contributed by atoms with Crippen LogP contribution in [0.25, 0.3) is 0 Å². The number of carbonyl (C=O) groups is 2. The molecule has 4 bridgehead atoms. The predicted molar refractivity (Wildman–Crippen MR) is 120 cm³/mol. The normalized spacial score (nSPS) is 31.0. The van der Waals surface area contributed by atoms with Gasteiger partial charge in [-0.3, -0.25) is 14.5 Å². The zero-order valence-corrected chi connectivity index (χ0v) is 18.6. The van der Waals surface area contributed by atoms with Crippen LogP contribution in [0.1, 0.15) is 49.7 Å². The van der Waals surface area contributed by atoms with E-state index in [4.69, 9.17) is 6.42 Å². The lowest BCUT2D eigenvalue weighted by Gasteiger charge is -2.38. The second kappa shape index (κ2) is 8.51. The lowest BCUT2D eigenvalue weighted by molar-refractivity contribution is -0.135. The highest BCUT2D eigenvalue weighted by molar-refractivity contribution is 5.85. The molecule has 5 aliphatic rings. The Balaban J connectivity index is 1.06. The number of nitrogens with one attached hydrogen (secondary N) is 1. The molecule has 1 aromatic carbocycles. The summed E-state index contributed by atoms with van der Waals surface area (Å²) < 4.78 is 14.1. The molecule has 1 heterocycles. The van der Waals surface area contributed by atoms with Gasteiger partial charge in [-0.25, -0.2) is 4.39 Å². The molecule has 5 nitrogen and oxygen atoms in total. The average molecular weight is 438 g/mol. The third kappa shape index (κ3) is 4.28. The van der Waals surface area contributed by atoms with E-state index in [1.54, 1.807) is 17.0 Å². The Labute approximate surface area is 189 Å². The molecule has 5 fully saturated rings. The highest BCUT2D eigenvalue weighted by Gasteiger charge is 2.56. The number of piperazine rings is 1. The van der Waals surface area contributed by atoms with Crippen molar-refractivity contribution >= 4 is 11.8 Å². The fourth-order valence-electron chi connectivity index (χ4n) is 7.07. The van der Waals surface area contributed by atoms with Gasteiger partial charge in [-0.15, -0.1) is 6.42 Å². The number of hydrogen-bond donors (Lipinski definition) is 1. The maximum absolute atomic E-state index is 14.1. The molecule has 1 saturated heterocycles. The van der Waals surface area contributed by atoms with Gasteiger partial charge >= 0.3 is 0 Å². The third-order valence-electron chi connectivity index (χ3n) is 8.35. The molecule has 1 aliphatic heterocycles. The molecule has 2 amide bonds. The second-order valence-electron chi connectivity index (χ2n) is 10.5. The van der Waals surface area contributed by atoms with E-state index in [1.165, 1.54) is 38.2 Å². The number of terminal acetylenes is 1. The largest absolute Gasteiger partial charge is 0.347 e. The van der Waals surface area contributed by atoms with Gasteiger partial charge in [-0.05, 0) is 73.5 Å². The summed E-state index contributed by atoms with van der Waals surface area (Å²) in [6.07, 6.45) is 12.4. The van der Waals surface area contributed by atoms with Crippen molar-refractivity contribution in [2.45, 2.75) is 45.1 Å². The van der Waals surface area contributed by atoms with Crippen LogP contribution in [-0.4, -0.2) is 54.3 Å². The number of halogens is 1. The van der Waals surface area contributed by atoms with Gasteiger partial charge in [0.05, 0.1) is 6.54 Å². The molecule has 2 atom stereocenters. The lowest BCUT2D eigenvalue weighted by atomic mass is 9.67. The third-order valence-corrected chi connectivity index (χ3v) is 8.35. The molecule has 32 heavy (non-hydrogen) atoms. The number of carbonyl (C=O) groups excluding carboxylic acids is 2. The van der Waals surface area contributed by atoms with E-state index in [-0.39, 0.29) is 29.6 Å². The van der Waals surface area contributed by atoms with Crippen LogP contribution >= 0.6 is 0 Å². The topological polar surface area (TPSA) is 52.6 Å². The summed E-state index contributed by atoms with van der Waals surface area (Å²) in [7, 11) is 0. The number of rotatable bonds is 6. The van der Waals surface area contributed by atoms with Crippen molar-refractivity contribution in [1.82, 2.24) is 15.1 Å². The van der Waals surface area contributed by atoms with Crippen molar-refractivity contribution in [3.05, 3.63) is 35.1 Å². The van der Waals surface area contributed by atoms with Crippen molar-refractivity contribution in [2.75, 3.05) is 32.7 Å². The molecule has 6 rings (SSSR count). The summed E-state index contributed by atoms with van der Waals surface area (Å²) in [5.41, 5.74) is 1.46. The zero-order valence-electron chi connectivity index (χ0n) is 18.6. The van der Waals surface area contributed by atoms with Gasteiger partial charge < -0.3 is 10.2 Å². The van der Waals surface area contributed by atoms with E-state index >= 15 is 0 Å². The molecule has 0 radical (unpaired) electrons. The monoisotopic (exact) mass is 437 g/mol. The van der Waals surface area contributed by atoms with Crippen LogP contribution in [0.15, 0.2) is 18.2 Å². The first kappa shape index (κ1) is 21.5. The Bertz CT molecular complexity index is 927. The SMILES string of the molecule is C#Cc1ccc(F)c(CN2CCN(C(=O)CNC(=O)CC34CC5CC(C3)C(C5)C4)CC2)c1. The Kier molecular flexibility index (Phi) is 5.71. The van der Waals surface area contributed by atoms with Crippen LogP contribution < -0.4 is 5.32 Å². The van der Waals surface area contributed by atoms with Gasteiger partial charge in [0.1, 0.15) is 5.82 Å². The Morgan fingerprint density at radius 1 is 1.12 bits per heavy atom. The second-order valence-corrected chi connectivity index (χ2v) is 10.5. The van der Waals surface area contributed by atoms with Crippen molar-refractivity contribution < 1.29 is 14.0 Å². The van der Waals surface area contributed by atoms with E-state index in [0.717, 1.165) is 17.8 Å². The van der Waals surface area contributed by atoms with E-state index in [9.17, 15) is 14.0 Å². The Morgan fingerprint density at radius 3 is 2.50 bits per heavy atom. The number of benzene rings is 1. The van der Waals surface area contributed by atoms with Crippen LogP contribution in [0.2, 0.25) is 0 Å². The number of nitrogens with zero attached hydrogens (tertiary/aromatic N) is 2. The fourth-order valence-corrected chi connectivity index (χ4v) is 7.07. The first-order valence-electron chi connectivity index (χ1n) is 11.9. The van der Waals surface area contributed by atoms with Gasteiger partial charge in [0, 0.05) is 50.3 Å². The average Bonchev–Trinajstić information content (AvgIpc) is 3.19. The standard InChI is InChI=1S/C26H32FN3O2/c1-2-18-3-4-23(27)22(9-18)17-29-5-7-30(8-6-29)25(32)16-28-24(31)15-26-12-19-10-20(13-26)21(11-19)14-26/h1,3-4,9,19-21H,5-8,10-17H2,(H,28,31). The van der Waals surface area contributed by atoms with Crippen molar-refractivity contribution in [3.8, 4) is 12.3 Å². The van der Waals surface area contributed by atoms with E-state index in [1.807, 2.05) is 0 Å². The van der Waals surface area contributed by atoms with Crippen molar-refractivity contribution in [3.63, 3.8) is 0 Å². The summed E-state index contributed by atoms with van der Waals surface area (Å²) in [5, 5.41) is 2.89. The minimum absolute atomic E-state index is 0.0304. The van der Waals surface area contributed by atoms with Gasteiger partial charge in [-0.1, -0.05) is 5.92 Å². The van der Waals surface area contributed by atoms with Crippen LogP contribution in [0, 0.1) is 41.3 Å². The van der Waals surface area contributed by atoms with Crippen molar-refractivity contribution in [1.29, 1.82) is 0 Å². The zero-order chi connectivity index (χ0) is 22.3. The molecule has 0 aromatic heterocycles. The van der Waals surface area contributed by atoms with Crippen molar-refractivity contribution in [2.24, 2.45) is 23.2 Å². The first-order valence-corrected chi connectivity index (χ1v) is 11.9.